The second-order valence-corrected chi connectivity index (χ2v) is 3.82. The minimum atomic E-state index is -1.11. The van der Waals surface area contributed by atoms with Gasteiger partial charge in [-0.25, -0.2) is 0 Å². The molecule has 0 aliphatic heterocycles. The van der Waals surface area contributed by atoms with Gasteiger partial charge in [0.2, 0.25) is 0 Å². The van der Waals surface area contributed by atoms with Crippen LogP contribution in [0, 0.1) is 0 Å². The van der Waals surface area contributed by atoms with Crippen LogP contribution >= 0.6 is 11.6 Å². The molecule has 5 heteroatoms. The van der Waals surface area contributed by atoms with Crippen LogP contribution in [0.2, 0.25) is 5.02 Å². The molecule has 0 heterocycles. The normalized spacial score (nSPS) is 14.6. The summed E-state index contributed by atoms with van der Waals surface area (Å²) in [6.07, 6.45) is -2.04. The van der Waals surface area contributed by atoms with E-state index in [-0.39, 0.29) is 13.0 Å². The molecule has 1 aromatic carbocycles. The van der Waals surface area contributed by atoms with Gasteiger partial charge in [0.1, 0.15) is 11.9 Å². The summed E-state index contributed by atoms with van der Waals surface area (Å²) >= 11 is 5.93. The first-order chi connectivity index (χ1) is 7.60. The molecule has 0 fully saturated rings. The molecule has 0 amide bonds. The molecule has 0 spiro atoms. The molecule has 0 saturated heterocycles. The molecule has 0 saturated carbocycles. The molecule has 90 valence electrons. The molecule has 0 aromatic heterocycles. The van der Waals surface area contributed by atoms with Crippen LogP contribution in [0.4, 0.5) is 0 Å². The average Bonchev–Trinajstić information content (AvgIpc) is 2.28. The fourth-order valence-electron chi connectivity index (χ4n) is 1.37. The molecule has 0 bridgehead atoms. The highest BCUT2D eigenvalue weighted by Gasteiger charge is 2.20. The number of aliphatic hydroxyl groups is 3. The van der Waals surface area contributed by atoms with Crippen LogP contribution in [0.5, 0.6) is 5.75 Å². The molecule has 4 nitrogen and oxygen atoms in total. The van der Waals surface area contributed by atoms with Crippen molar-refractivity contribution in [3.63, 3.8) is 0 Å². The summed E-state index contributed by atoms with van der Waals surface area (Å²) in [6, 6.07) is 4.80. The number of methoxy groups -OCH3 is 1. The highest BCUT2D eigenvalue weighted by Crippen LogP contribution is 2.29. The predicted molar refractivity (Wildman–Crippen MR) is 60.7 cm³/mol. The second kappa shape index (κ2) is 6.06. The van der Waals surface area contributed by atoms with Gasteiger partial charge >= 0.3 is 0 Å². The third-order valence-electron chi connectivity index (χ3n) is 2.32. The van der Waals surface area contributed by atoms with Gasteiger partial charge in [-0.15, -0.1) is 0 Å². The Kier molecular flexibility index (Phi) is 5.02. The van der Waals surface area contributed by atoms with E-state index in [4.69, 9.17) is 21.4 Å². The lowest BCUT2D eigenvalue weighted by molar-refractivity contribution is 0.00424. The fourth-order valence-corrected chi connectivity index (χ4v) is 1.65. The van der Waals surface area contributed by atoms with Crippen molar-refractivity contribution in [2.24, 2.45) is 0 Å². The van der Waals surface area contributed by atoms with Crippen LogP contribution in [0.3, 0.4) is 0 Å². The van der Waals surface area contributed by atoms with Crippen LogP contribution in [-0.4, -0.2) is 35.1 Å². The van der Waals surface area contributed by atoms with E-state index in [1.165, 1.54) is 7.11 Å². The highest BCUT2D eigenvalue weighted by molar-refractivity contribution is 6.31. The Hall–Kier alpha value is -0.810. The van der Waals surface area contributed by atoms with E-state index in [2.05, 4.69) is 0 Å². The molecule has 1 aromatic rings. The summed E-state index contributed by atoms with van der Waals surface area (Å²) in [5.74, 6) is 0.581. The fraction of sp³-hybridized carbons (Fsp3) is 0.455. The van der Waals surface area contributed by atoms with E-state index < -0.39 is 12.2 Å². The van der Waals surface area contributed by atoms with Crippen molar-refractivity contribution in [2.45, 2.75) is 18.6 Å². The Labute approximate surface area is 99.1 Å². The monoisotopic (exact) mass is 246 g/mol. The third-order valence-corrected chi connectivity index (χ3v) is 2.64. The zero-order valence-corrected chi connectivity index (χ0v) is 9.68. The van der Waals surface area contributed by atoms with E-state index in [0.717, 1.165) is 0 Å². The second-order valence-electron chi connectivity index (χ2n) is 3.41. The molecule has 0 aliphatic rings. The summed E-state index contributed by atoms with van der Waals surface area (Å²) in [7, 11) is 1.52. The van der Waals surface area contributed by atoms with Crippen LogP contribution in [0.15, 0.2) is 18.2 Å². The third kappa shape index (κ3) is 3.09. The molecule has 1 rings (SSSR count). The van der Waals surface area contributed by atoms with Gasteiger partial charge in [-0.2, -0.15) is 0 Å². The molecule has 0 radical (unpaired) electrons. The summed E-state index contributed by atoms with van der Waals surface area (Å²) in [4.78, 5) is 0. The average molecular weight is 247 g/mol. The van der Waals surface area contributed by atoms with E-state index >= 15 is 0 Å². The van der Waals surface area contributed by atoms with Gasteiger partial charge in [-0.1, -0.05) is 17.7 Å². The molecule has 0 aliphatic carbocycles. The van der Waals surface area contributed by atoms with Gasteiger partial charge in [0, 0.05) is 12.2 Å². The van der Waals surface area contributed by atoms with Crippen molar-refractivity contribution in [3.05, 3.63) is 28.8 Å². The highest BCUT2D eigenvalue weighted by atomic mass is 35.5. The molecule has 3 N–H and O–H groups in total. The van der Waals surface area contributed by atoms with Gasteiger partial charge < -0.3 is 20.1 Å². The predicted octanol–water partition coefficient (Wildman–Crippen LogP) is 1.13. The van der Waals surface area contributed by atoms with Crippen LogP contribution in [-0.2, 0) is 0 Å². The maximum atomic E-state index is 9.78. The first-order valence-electron chi connectivity index (χ1n) is 4.90. The maximum Gasteiger partial charge on any atom is 0.120 e. The van der Waals surface area contributed by atoms with Crippen molar-refractivity contribution in [1.82, 2.24) is 0 Å². The summed E-state index contributed by atoms with van der Waals surface area (Å²) in [5, 5.41) is 28.3. The van der Waals surface area contributed by atoms with Gasteiger partial charge in [-0.3, -0.25) is 0 Å². The topological polar surface area (TPSA) is 69.9 Å². The first-order valence-corrected chi connectivity index (χ1v) is 5.28. The number of hydrogen-bond acceptors (Lipinski definition) is 4. The standard InChI is InChI=1S/C11H15ClO4/c1-16-7-2-3-8(9(12)6-7)11(15)10(14)4-5-13/h2-3,6,10-11,13-15H,4-5H2,1H3. The molecule has 2 unspecified atom stereocenters. The Balaban J connectivity index is 2.87. The largest absolute Gasteiger partial charge is 0.497 e. The van der Waals surface area contributed by atoms with Gasteiger partial charge in [0.25, 0.3) is 0 Å². The van der Waals surface area contributed by atoms with Gasteiger partial charge in [0.05, 0.1) is 18.2 Å². The summed E-state index contributed by atoms with van der Waals surface area (Å²) in [5.41, 5.74) is 0.420. The van der Waals surface area contributed by atoms with E-state index in [1.807, 2.05) is 0 Å². The molecular formula is C11H15ClO4. The Bertz CT molecular complexity index is 343. The number of benzene rings is 1. The number of hydrogen-bond donors (Lipinski definition) is 3. The SMILES string of the molecule is COc1ccc(C(O)C(O)CCO)c(Cl)c1. The van der Waals surface area contributed by atoms with Crippen molar-refractivity contribution >= 4 is 11.6 Å². The zero-order valence-electron chi connectivity index (χ0n) is 8.93. The van der Waals surface area contributed by atoms with Crippen molar-refractivity contribution in [1.29, 1.82) is 0 Å². The van der Waals surface area contributed by atoms with Crippen molar-refractivity contribution in [2.75, 3.05) is 13.7 Å². The zero-order chi connectivity index (χ0) is 12.1. The van der Waals surface area contributed by atoms with Crippen LogP contribution < -0.4 is 4.74 Å². The van der Waals surface area contributed by atoms with Crippen LogP contribution in [0.25, 0.3) is 0 Å². The molecule has 16 heavy (non-hydrogen) atoms. The Morgan fingerprint density at radius 3 is 2.56 bits per heavy atom. The maximum absolute atomic E-state index is 9.78. The minimum absolute atomic E-state index is 0.101. The van der Waals surface area contributed by atoms with E-state index in [0.29, 0.717) is 16.3 Å². The Morgan fingerprint density at radius 1 is 1.38 bits per heavy atom. The number of ether oxygens (including phenoxy) is 1. The quantitative estimate of drug-likeness (QED) is 0.728. The number of rotatable bonds is 5. The molecule has 2 atom stereocenters. The van der Waals surface area contributed by atoms with E-state index in [9.17, 15) is 10.2 Å². The first kappa shape index (κ1) is 13.3. The van der Waals surface area contributed by atoms with Gasteiger partial charge in [0.15, 0.2) is 0 Å². The Morgan fingerprint density at radius 2 is 2.06 bits per heavy atom. The van der Waals surface area contributed by atoms with Crippen molar-refractivity contribution in [3.8, 4) is 5.75 Å². The lowest BCUT2D eigenvalue weighted by Gasteiger charge is -2.18. The van der Waals surface area contributed by atoms with Crippen LogP contribution in [0.1, 0.15) is 18.1 Å². The lowest BCUT2D eigenvalue weighted by Crippen LogP contribution is -2.19. The lowest BCUT2D eigenvalue weighted by atomic mass is 10.0. The minimum Gasteiger partial charge on any atom is -0.497 e. The summed E-state index contributed by atoms with van der Waals surface area (Å²) in [6.45, 7) is -0.188. The number of halogens is 1. The summed E-state index contributed by atoms with van der Waals surface area (Å²) < 4.78 is 4.97. The smallest absolute Gasteiger partial charge is 0.120 e. The van der Waals surface area contributed by atoms with Crippen molar-refractivity contribution < 1.29 is 20.1 Å². The van der Waals surface area contributed by atoms with Gasteiger partial charge in [-0.05, 0) is 18.6 Å². The number of aliphatic hydroxyl groups excluding tert-OH is 3. The molecular weight excluding hydrogens is 232 g/mol. The van der Waals surface area contributed by atoms with E-state index in [1.54, 1.807) is 18.2 Å².